The maximum atomic E-state index is 14.1. The number of benzene rings is 2. The molecule has 0 spiro atoms. The highest BCUT2D eigenvalue weighted by Crippen LogP contribution is 2.74. The number of hydrogen-bond donors (Lipinski definition) is 0. The van der Waals surface area contributed by atoms with Crippen LogP contribution in [0.1, 0.15) is 38.8 Å². The zero-order valence-corrected chi connectivity index (χ0v) is 21.3. The van der Waals surface area contributed by atoms with Crippen LogP contribution in [0.2, 0.25) is 0 Å². The first-order valence-electron chi connectivity index (χ1n) is 10.7. The van der Waals surface area contributed by atoms with E-state index in [4.69, 9.17) is 22.0 Å². The molecule has 0 saturated carbocycles. The van der Waals surface area contributed by atoms with Crippen LogP contribution < -0.4 is 9.47 Å². The summed E-state index contributed by atoms with van der Waals surface area (Å²) in [4.78, 5) is 15.6. The number of carbonyl (C=O) groups excluding carboxylic acids is 1. The minimum Gasteiger partial charge on any atom is -0.496 e. The molecule has 178 valence electrons. The highest BCUT2D eigenvalue weighted by atomic mass is 32.3. The van der Waals surface area contributed by atoms with Gasteiger partial charge in [0.05, 0.1) is 31.3 Å². The third-order valence-corrected chi connectivity index (χ3v) is 10.5. The van der Waals surface area contributed by atoms with Crippen molar-refractivity contribution in [1.29, 1.82) is 0 Å². The van der Waals surface area contributed by atoms with Gasteiger partial charge in [-0.2, -0.15) is 0 Å². The molecular formula is C25H30O6S2. The number of hydrogen-bond acceptors (Lipinski definition) is 6. The Labute approximate surface area is 198 Å². The molecule has 0 saturated heterocycles. The van der Waals surface area contributed by atoms with Gasteiger partial charge < -0.3 is 17.8 Å². The van der Waals surface area contributed by atoms with Gasteiger partial charge in [0.15, 0.2) is 0 Å². The van der Waals surface area contributed by atoms with Gasteiger partial charge in [0.1, 0.15) is 16.4 Å². The van der Waals surface area contributed by atoms with Gasteiger partial charge >= 0.3 is 5.30 Å². The van der Waals surface area contributed by atoms with Crippen LogP contribution in [-0.4, -0.2) is 31.7 Å². The molecule has 2 aromatic carbocycles. The molecule has 0 amide bonds. The van der Waals surface area contributed by atoms with Crippen LogP contribution in [0.4, 0.5) is 4.79 Å². The van der Waals surface area contributed by atoms with E-state index in [-0.39, 0.29) is 12.2 Å². The molecule has 33 heavy (non-hydrogen) atoms. The molecule has 0 N–H and O–H groups in total. The number of ether oxygens (including phenoxy) is 2. The fraction of sp³-hybridized carbons (Fsp3) is 0.320. The molecule has 2 aliphatic heterocycles. The SMILES string of the molecule is COc1cccc2c1S(OC(=O)S1(OC(C)C)C=Cc3cccc(OC)c31)(OC(C)C)C=C2. The monoisotopic (exact) mass is 490 g/mol. The van der Waals surface area contributed by atoms with Crippen molar-refractivity contribution in [3.05, 3.63) is 58.3 Å². The van der Waals surface area contributed by atoms with Crippen LogP contribution in [0, 0.1) is 0 Å². The summed E-state index contributed by atoms with van der Waals surface area (Å²) < 4.78 is 30.4. The molecule has 0 fully saturated rings. The largest absolute Gasteiger partial charge is 0.496 e. The molecule has 2 unspecified atom stereocenters. The van der Waals surface area contributed by atoms with E-state index in [0.717, 1.165) is 16.0 Å². The second kappa shape index (κ2) is 9.10. The summed E-state index contributed by atoms with van der Waals surface area (Å²) in [5, 5.41) is 3.20. The van der Waals surface area contributed by atoms with E-state index in [1.807, 2.05) is 87.1 Å². The third kappa shape index (κ3) is 4.05. The van der Waals surface area contributed by atoms with E-state index >= 15 is 0 Å². The summed E-state index contributed by atoms with van der Waals surface area (Å²) in [6, 6.07) is 11.4. The Morgan fingerprint density at radius 3 is 1.88 bits per heavy atom. The Morgan fingerprint density at radius 1 is 0.758 bits per heavy atom. The Kier molecular flexibility index (Phi) is 6.55. The van der Waals surface area contributed by atoms with Crippen molar-refractivity contribution >= 4 is 38.4 Å². The topological polar surface area (TPSA) is 63.2 Å². The van der Waals surface area contributed by atoms with Crippen molar-refractivity contribution in [2.24, 2.45) is 0 Å². The number of rotatable bonds is 7. The van der Waals surface area contributed by atoms with E-state index < -0.39 is 26.2 Å². The van der Waals surface area contributed by atoms with Gasteiger partial charge in [-0.25, -0.2) is 4.79 Å². The zero-order valence-electron chi connectivity index (χ0n) is 19.7. The van der Waals surface area contributed by atoms with Crippen molar-refractivity contribution < 1.29 is 26.8 Å². The first-order chi connectivity index (χ1) is 15.8. The van der Waals surface area contributed by atoms with Crippen LogP contribution in [0.3, 0.4) is 0 Å². The molecule has 2 aromatic rings. The predicted octanol–water partition coefficient (Wildman–Crippen LogP) is 7.43. The van der Waals surface area contributed by atoms with E-state index in [1.54, 1.807) is 14.2 Å². The zero-order chi connectivity index (χ0) is 23.8. The highest BCUT2D eigenvalue weighted by molar-refractivity contribution is 8.45. The number of fused-ring (bicyclic) bond motifs is 2. The third-order valence-electron chi connectivity index (χ3n) is 5.03. The molecule has 4 rings (SSSR count). The summed E-state index contributed by atoms with van der Waals surface area (Å²) in [6.45, 7) is 7.66. The second-order valence-electron chi connectivity index (χ2n) is 8.13. The fourth-order valence-electron chi connectivity index (χ4n) is 3.92. The summed E-state index contributed by atoms with van der Waals surface area (Å²) >= 11 is 0. The van der Waals surface area contributed by atoms with Crippen LogP contribution in [-0.2, 0) is 12.5 Å². The van der Waals surface area contributed by atoms with Gasteiger partial charge in [0.2, 0.25) is 0 Å². The smallest absolute Gasteiger partial charge is 0.402 e. The molecule has 0 bridgehead atoms. The second-order valence-corrected chi connectivity index (χ2v) is 12.7. The van der Waals surface area contributed by atoms with Crippen LogP contribution in [0.15, 0.2) is 57.0 Å². The van der Waals surface area contributed by atoms with E-state index in [1.165, 1.54) is 0 Å². The average Bonchev–Trinajstić information content (AvgIpc) is 3.33. The summed E-state index contributed by atoms with van der Waals surface area (Å²) in [5.74, 6) is 1.22. The molecule has 2 heterocycles. The van der Waals surface area contributed by atoms with Gasteiger partial charge in [0, 0.05) is 21.3 Å². The molecule has 2 atom stereocenters. The first kappa shape index (κ1) is 23.8. The lowest BCUT2D eigenvalue weighted by Crippen LogP contribution is -2.22. The number of carbonyl (C=O) groups is 1. The van der Waals surface area contributed by atoms with E-state index in [9.17, 15) is 4.79 Å². The van der Waals surface area contributed by atoms with Crippen LogP contribution in [0.5, 0.6) is 11.5 Å². The van der Waals surface area contributed by atoms with Gasteiger partial charge in [0.25, 0.3) is 0 Å². The fourth-order valence-corrected chi connectivity index (χ4v) is 9.63. The van der Waals surface area contributed by atoms with Crippen LogP contribution in [0.25, 0.3) is 12.2 Å². The minimum atomic E-state index is -2.63. The van der Waals surface area contributed by atoms with Gasteiger partial charge in [-0.1, -0.05) is 34.9 Å². The normalized spacial score (nSPS) is 26.4. The quantitative estimate of drug-likeness (QED) is 0.402. The number of methoxy groups -OCH3 is 2. The predicted molar refractivity (Wildman–Crippen MR) is 135 cm³/mol. The maximum Gasteiger partial charge on any atom is 0.402 e. The minimum absolute atomic E-state index is 0.189. The molecule has 0 aromatic heterocycles. The van der Waals surface area contributed by atoms with Crippen molar-refractivity contribution in [2.45, 2.75) is 49.7 Å². The van der Waals surface area contributed by atoms with Gasteiger partial charge in [-0.15, -0.1) is 0 Å². The summed E-state index contributed by atoms with van der Waals surface area (Å²) in [6.07, 6.45) is 3.42. The van der Waals surface area contributed by atoms with Crippen molar-refractivity contribution in [3.8, 4) is 11.5 Å². The van der Waals surface area contributed by atoms with Crippen LogP contribution >= 0.6 is 20.9 Å². The van der Waals surface area contributed by atoms with Gasteiger partial charge in [-0.05, 0) is 63.0 Å². The Hall–Kier alpha value is -2.39. The van der Waals surface area contributed by atoms with Crippen molar-refractivity contribution in [2.75, 3.05) is 14.2 Å². The maximum absolute atomic E-state index is 14.1. The van der Waals surface area contributed by atoms with E-state index in [0.29, 0.717) is 16.4 Å². The lowest BCUT2D eigenvalue weighted by atomic mass is 10.2. The first-order valence-corrected chi connectivity index (χ1v) is 13.9. The lowest BCUT2D eigenvalue weighted by Gasteiger charge is -2.43. The standard InChI is InChI=1S/C25H30O6S2/c1-17(2)29-32(15-13-19-9-7-11-21(27-5)23(19)32)25(26)31-33(30-18(3)4)16-14-20-10-8-12-22(28-6)24(20)33/h7-18H,1-6H3. The van der Waals surface area contributed by atoms with Crippen molar-refractivity contribution in [1.82, 2.24) is 0 Å². The molecule has 0 aliphatic carbocycles. The molecule has 0 radical (unpaired) electrons. The Bertz CT molecular complexity index is 1130. The van der Waals surface area contributed by atoms with E-state index in [2.05, 4.69) is 0 Å². The summed E-state index contributed by atoms with van der Waals surface area (Å²) in [5.41, 5.74) is 1.79. The molecule has 6 nitrogen and oxygen atoms in total. The van der Waals surface area contributed by atoms with Crippen molar-refractivity contribution in [3.63, 3.8) is 0 Å². The Morgan fingerprint density at radius 2 is 1.30 bits per heavy atom. The molecular weight excluding hydrogens is 460 g/mol. The molecule has 2 aliphatic rings. The lowest BCUT2D eigenvalue weighted by molar-refractivity contribution is 0.202. The highest BCUT2D eigenvalue weighted by Gasteiger charge is 2.47. The van der Waals surface area contributed by atoms with Gasteiger partial charge in [-0.3, -0.25) is 4.18 Å². The summed E-state index contributed by atoms with van der Waals surface area (Å²) in [7, 11) is -2.02. The average molecular weight is 491 g/mol. The molecule has 8 heteroatoms. The Balaban J connectivity index is 1.84.